The Hall–Kier alpha value is -2.11. The van der Waals surface area contributed by atoms with Crippen LogP contribution in [-0.4, -0.2) is 33.6 Å². The summed E-state index contributed by atoms with van der Waals surface area (Å²) < 4.78 is 0. The number of aromatic hydroxyl groups is 1. The lowest BCUT2D eigenvalue weighted by Crippen LogP contribution is -2.35. The summed E-state index contributed by atoms with van der Waals surface area (Å²) in [4.78, 5) is 26.3. The molecule has 0 spiro atoms. The molecule has 0 aliphatic heterocycles. The van der Waals surface area contributed by atoms with Crippen LogP contribution in [0.2, 0.25) is 0 Å². The minimum absolute atomic E-state index is 0.0431. The topological polar surface area (TPSA) is 99.5 Å². The van der Waals surface area contributed by atoms with Crippen LogP contribution in [0.1, 0.15) is 24.2 Å². The van der Waals surface area contributed by atoms with Gasteiger partial charge in [-0.3, -0.25) is 14.6 Å². The van der Waals surface area contributed by atoms with Crippen molar-refractivity contribution in [3.05, 3.63) is 24.0 Å². The molecule has 3 N–H and O–H groups in total. The van der Waals surface area contributed by atoms with Crippen molar-refractivity contribution in [1.82, 2.24) is 10.3 Å². The van der Waals surface area contributed by atoms with Gasteiger partial charge < -0.3 is 15.5 Å². The van der Waals surface area contributed by atoms with Crippen LogP contribution in [0.3, 0.4) is 0 Å². The Morgan fingerprint density at radius 2 is 2.06 bits per heavy atom. The first-order valence-corrected chi connectivity index (χ1v) is 5.57. The van der Waals surface area contributed by atoms with Crippen molar-refractivity contribution < 1.29 is 19.8 Å². The van der Waals surface area contributed by atoms with E-state index in [9.17, 15) is 14.7 Å². The van der Waals surface area contributed by atoms with Crippen LogP contribution in [0.5, 0.6) is 5.75 Å². The molecule has 0 aliphatic carbocycles. The lowest BCUT2D eigenvalue weighted by atomic mass is 9.96. The molecular weight excluding hydrogens is 236 g/mol. The highest BCUT2D eigenvalue weighted by Crippen LogP contribution is 2.11. The fraction of sp³-hybridized carbons (Fsp3) is 0.417. The Morgan fingerprint density at radius 1 is 1.39 bits per heavy atom. The summed E-state index contributed by atoms with van der Waals surface area (Å²) in [6.45, 7) is 3.60. The molecule has 0 aromatic carbocycles. The predicted molar refractivity (Wildman–Crippen MR) is 64.2 cm³/mol. The van der Waals surface area contributed by atoms with Gasteiger partial charge in [-0.05, 0) is 12.0 Å². The first-order valence-electron chi connectivity index (χ1n) is 5.57. The van der Waals surface area contributed by atoms with E-state index in [1.165, 1.54) is 18.5 Å². The van der Waals surface area contributed by atoms with Crippen molar-refractivity contribution in [3.63, 3.8) is 0 Å². The number of aliphatic carboxylic acids is 1. The van der Waals surface area contributed by atoms with E-state index >= 15 is 0 Å². The molecule has 1 heterocycles. The van der Waals surface area contributed by atoms with Crippen LogP contribution in [-0.2, 0) is 4.79 Å². The van der Waals surface area contributed by atoms with Crippen LogP contribution >= 0.6 is 0 Å². The van der Waals surface area contributed by atoms with Gasteiger partial charge in [-0.1, -0.05) is 13.8 Å². The first-order chi connectivity index (χ1) is 8.41. The number of rotatable bonds is 5. The number of hydrogen-bond acceptors (Lipinski definition) is 4. The second kappa shape index (κ2) is 6.00. The van der Waals surface area contributed by atoms with Gasteiger partial charge in [0.15, 0.2) is 0 Å². The van der Waals surface area contributed by atoms with E-state index in [4.69, 9.17) is 5.11 Å². The molecule has 0 saturated heterocycles. The first kappa shape index (κ1) is 14.0. The maximum atomic E-state index is 11.7. The quantitative estimate of drug-likeness (QED) is 0.722. The summed E-state index contributed by atoms with van der Waals surface area (Å²) in [6, 6.07) is 1.27. The van der Waals surface area contributed by atoms with E-state index in [0.717, 1.165) is 0 Å². The number of nitrogens with zero attached hydrogens (tertiary/aromatic N) is 1. The summed E-state index contributed by atoms with van der Waals surface area (Å²) in [6.07, 6.45) is 2.52. The normalized spacial score (nSPS) is 12.2. The third kappa shape index (κ3) is 3.73. The minimum atomic E-state index is -0.945. The van der Waals surface area contributed by atoms with Gasteiger partial charge >= 0.3 is 5.97 Å². The molecule has 0 bridgehead atoms. The molecule has 0 aliphatic rings. The van der Waals surface area contributed by atoms with Crippen molar-refractivity contribution in [1.29, 1.82) is 0 Å². The Bertz CT molecular complexity index is 445. The molecular formula is C12H16N2O4. The molecule has 1 aromatic heterocycles. The fourth-order valence-corrected chi connectivity index (χ4v) is 1.46. The number of nitrogens with one attached hydrogen (secondary N) is 1. The van der Waals surface area contributed by atoms with E-state index in [1.54, 1.807) is 13.8 Å². The van der Waals surface area contributed by atoms with E-state index < -0.39 is 17.8 Å². The molecule has 18 heavy (non-hydrogen) atoms. The summed E-state index contributed by atoms with van der Waals surface area (Å²) in [5.41, 5.74) is 0.197. The molecule has 0 fully saturated rings. The second-order valence-electron chi connectivity index (χ2n) is 4.33. The van der Waals surface area contributed by atoms with Crippen LogP contribution in [0.25, 0.3) is 0 Å². The number of carbonyl (C=O) groups excluding carboxylic acids is 1. The summed E-state index contributed by atoms with van der Waals surface area (Å²) in [5.74, 6) is -2.23. The van der Waals surface area contributed by atoms with Crippen molar-refractivity contribution in [3.8, 4) is 5.75 Å². The molecule has 6 heteroatoms. The second-order valence-corrected chi connectivity index (χ2v) is 4.33. The predicted octanol–water partition coefficient (Wildman–Crippen LogP) is 0.874. The maximum absolute atomic E-state index is 11.7. The Morgan fingerprint density at radius 3 is 2.56 bits per heavy atom. The largest absolute Gasteiger partial charge is 0.506 e. The standard InChI is InChI=1S/C12H16N2O4/c1-7(2)10(12(17)18)6-14-11(16)8-3-9(15)5-13-4-8/h3-5,7,10,15H,6H2,1-2H3,(H,14,16)(H,17,18). The number of amides is 1. The van der Waals surface area contributed by atoms with Crippen molar-refractivity contribution in [2.45, 2.75) is 13.8 Å². The molecule has 0 saturated carbocycles. The Kier molecular flexibility index (Phi) is 4.65. The van der Waals surface area contributed by atoms with Crippen LogP contribution in [0.15, 0.2) is 18.5 Å². The van der Waals surface area contributed by atoms with Crippen molar-refractivity contribution in [2.24, 2.45) is 11.8 Å². The van der Waals surface area contributed by atoms with Gasteiger partial charge in [0.1, 0.15) is 5.75 Å². The average molecular weight is 252 g/mol. The van der Waals surface area contributed by atoms with E-state index in [2.05, 4.69) is 10.3 Å². The van der Waals surface area contributed by atoms with Gasteiger partial charge in [-0.25, -0.2) is 0 Å². The lowest BCUT2D eigenvalue weighted by Gasteiger charge is -2.16. The zero-order valence-corrected chi connectivity index (χ0v) is 10.3. The number of carboxylic acid groups (broad SMARTS) is 1. The van der Waals surface area contributed by atoms with Gasteiger partial charge in [-0.15, -0.1) is 0 Å². The van der Waals surface area contributed by atoms with Gasteiger partial charge in [0.05, 0.1) is 17.7 Å². The van der Waals surface area contributed by atoms with E-state index in [1.807, 2.05) is 0 Å². The maximum Gasteiger partial charge on any atom is 0.308 e. The average Bonchev–Trinajstić information content (AvgIpc) is 2.28. The fourth-order valence-electron chi connectivity index (χ4n) is 1.46. The Labute approximate surface area is 105 Å². The number of hydrogen-bond donors (Lipinski definition) is 3. The smallest absolute Gasteiger partial charge is 0.308 e. The highest BCUT2D eigenvalue weighted by Gasteiger charge is 2.22. The highest BCUT2D eigenvalue weighted by atomic mass is 16.4. The zero-order valence-electron chi connectivity index (χ0n) is 10.3. The molecule has 0 radical (unpaired) electrons. The number of carboxylic acids is 1. The molecule has 1 amide bonds. The van der Waals surface area contributed by atoms with Gasteiger partial charge in [0.25, 0.3) is 5.91 Å². The van der Waals surface area contributed by atoms with Crippen LogP contribution < -0.4 is 5.32 Å². The number of aromatic nitrogens is 1. The monoisotopic (exact) mass is 252 g/mol. The summed E-state index contributed by atoms with van der Waals surface area (Å²) >= 11 is 0. The van der Waals surface area contributed by atoms with Crippen LogP contribution in [0.4, 0.5) is 0 Å². The summed E-state index contributed by atoms with van der Waals surface area (Å²) in [7, 11) is 0. The van der Waals surface area contributed by atoms with Crippen LogP contribution in [0, 0.1) is 11.8 Å². The number of pyridine rings is 1. The van der Waals surface area contributed by atoms with Crippen molar-refractivity contribution >= 4 is 11.9 Å². The molecule has 1 rings (SSSR count). The van der Waals surface area contributed by atoms with E-state index in [0.29, 0.717) is 0 Å². The third-order valence-corrected chi connectivity index (χ3v) is 2.59. The van der Waals surface area contributed by atoms with Crippen molar-refractivity contribution in [2.75, 3.05) is 6.54 Å². The zero-order chi connectivity index (χ0) is 13.7. The molecule has 98 valence electrons. The van der Waals surface area contributed by atoms with Gasteiger partial charge in [-0.2, -0.15) is 0 Å². The molecule has 1 atom stereocenters. The SMILES string of the molecule is CC(C)C(CNC(=O)c1cncc(O)c1)C(=O)O. The molecule has 6 nitrogen and oxygen atoms in total. The highest BCUT2D eigenvalue weighted by molar-refractivity contribution is 5.94. The molecule has 1 aromatic rings. The third-order valence-electron chi connectivity index (χ3n) is 2.59. The number of carbonyl (C=O) groups is 2. The minimum Gasteiger partial charge on any atom is -0.506 e. The van der Waals surface area contributed by atoms with Gasteiger partial charge in [0.2, 0.25) is 0 Å². The Balaban J connectivity index is 2.63. The van der Waals surface area contributed by atoms with Gasteiger partial charge in [0, 0.05) is 12.7 Å². The molecule has 1 unspecified atom stereocenters. The lowest BCUT2D eigenvalue weighted by molar-refractivity contribution is -0.142. The van der Waals surface area contributed by atoms with E-state index in [-0.39, 0.29) is 23.8 Å². The summed E-state index contributed by atoms with van der Waals surface area (Å²) in [5, 5.41) is 20.7.